The van der Waals surface area contributed by atoms with Gasteiger partial charge in [0.1, 0.15) is 0 Å². The molecular formula is C19H27NO4. The van der Waals surface area contributed by atoms with Crippen molar-refractivity contribution in [1.82, 2.24) is 5.32 Å². The summed E-state index contributed by atoms with van der Waals surface area (Å²) in [7, 11) is 1.53. The predicted molar refractivity (Wildman–Crippen MR) is 95.3 cm³/mol. The number of carbonyl (C=O) groups is 1. The van der Waals surface area contributed by atoms with E-state index >= 15 is 0 Å². The van der Waals surface area contributed by atoms with E-state index in [1.54, 1.807) is 12.1 Å². The lowest BCUT2D eigenvalue weighted by molar-refractivity contribution is -0.118. The van der Waals surface area contributed by atoms with Crippen LogP contribution in [0, 0.1) is 0 Å². The number of allylic oxidation sites excluding steroid dienone is 1. The molecule has 0 aliphatic carbocycles. The van der Waals surface area contributed by atoms with Crippen LogP contribution in [0.15, 0.2) is 43.0 Å². The maximum Gasteiger partial charge on any atom is 0.246 e. The molecule has 2 N–H and O–H groups in total. The topological polar surface area (TPSA) is 71.1 Å². The quantitative estimate of drug-likeness (QED) is 0.457. The summed E-state index contributed by atoms with van der Waals surface area (Å²) in [6, 6.07) is 5.45. The van der Waals surface area contributed by atoms with Crippen LogP contribution in [0.3, 0.4) is 0 Å². The van der Waals surface area contributed by atoms with Crippen LogP contribution in [0.4, 0.5) is 0 Å². The van der Waals surface area contributed by atoms with Crippen LogP contribution in [0.1, 0.15) is 25.8 Å². The van der Waals surface area contributed by atoms with E-state index < -0.39 is 0 Å². The summed E-state index contributed by atoms with van der Waals surface area (Å²) in [6.07, 6.45) is 3.51. The molecule has 1 fully saturated rings. The van der Waals surface area contributed by atoms with Gasteiger partial charge in [0.25, 0.3) is 0 Å². The highest BCUT2D eigenvalue weighted by atomic mass is 16.6. The molecule has 1 aliphatic rings. The van der Waals surface area contributed by atoms with Crippen molar-refractivity contribution in [2.45, 2.75) is 38.8 Å². The smallest absolute Gasteiger partial charge is 0.246 e. The van der Waals surface area contributed by atoms with Gasteiger partial charge >= 0.3 is 0 Å². The fourth-order valence-electron chi connectivity index (χ4n) is 1.93. The first-order valence-electron chi connectivity index (χ1n) is 7.94. The molecule has 1 unspecified atom stereocenters. The predicted octanol–water partition coefficient (Wildman–Crippen LogP) is 2.99. The van der Waals surface area contributed by atoms with Crippen molar-refractivity contribution in [3.8, 4) is 11.5 Å². The molecule has 5 heteroatoms. The van der Waals surface area contributed by atoms with Gasteiger partial charge in [-0.05, 0) is 38.0 Å². The fourth-order valence-corrected chi connectivity index (χ4v) is 1.93. The minimum absolute atomic E-state index is 0.0551. The first-order valence-corrected chi connectivity index (χ1v) is 7.94. The van der Waals surface area contributed by atoms with Gasteiger partial charge in [0.2, 0.25) is 5.91 Å². The van der Waals surface area contributed by atoms with Gasteiger partial charge in [-0.1, -0.05) is 18.7 Å². The second kappa shape index (κ2) is 9.78. The molecule has 2 rings (SSSR count). The Bertz CT molecular complexity index is 563. The molecule has 1 aromatic carbocycles. The molecule has 0 saturated carbocycles. The number of nitrogens with one attached hydrogen (secondary N) is 1. The molecule has 1 atom stereocenters. The molecule has 0 spiro atoms. The zero-order chi connectivity index (χ0) is 18.1. The summed E-state index contributed by atoms with van der Waals surface area (Å²) in [5, 5.41) is 12.0. The number of benzene rings is 1. The van der Waals surface area contributed by atoms with Crippen LogP contribution in [0.5, 0.6) is 11.5 Å². The molecule has 0 radical (unpaired) electrons. The number of methoxy groups -OCH3 is 1. The molecule has 1 aliphatic heterocycles. The van der Waals surface area contributed by atoms with Gasteiger partial charge < -0.3 is 19.9 Å². The van der Waals surface area contributed by atoms with Crippen molar-refractivity contribution in [3.05, 3.63) is 48.6 Å². The van der Waals surface area contributed by atoms with E-state index in [2.05, 4.69) is 18.5 Å². The largest absolute Gasteiger partial charge is 0.504 e. The monoisotopic (exact) mass is 333 g/mol. The van der Waals surface area contributed by atoms with Gasteiger partial charge in [-0.3, -0.25) is 4.79 Å². The lowest BCUT2D eigenvalue weighted by Crippen LogP contribution is -2.31. The number of phenolic OH excluding ortho intramolecular Hbond substituents is 1. The van der Waals surface area contributed by atoms with Crippen molar-refractivity contribution in [3.63, 3.8) is 0 Å². The van der Waals surface area contributed by atoms with Crippen molar-refractivity contribution < 1.29 is 19.4 Å². The number of amides is 1. The first-order chi connectivity index (χ1) is 11.4. The van der Waals surface area contributed by atoms with E-state index in [0.717, 1.165) is 18.6 Å². The highest BCUT2D eigenvalue weighted by molar-refractivity contribution is 5.92. The molecule has 5 nitrogen and oxygen atoms in total. The minimum Gasteiger partial charge on any atom is -0.504 e. The Hall–Kier alpha value is -2.27. The van der Waals surface area contributed by atoms with Crippen LogP contribution in [-0.4, -0.2) is 36.9 Å². The van der Waals surface area contributed by atoms with E-state index in [1.807, 2.05) is 26.0 Å². The normalized spacial score (nSPS) is 15.1. The lowest BCUT2D eigenvalue weighted by Gasteiger charge is -2.08. The number of hydrogen-bond acceptors (Lipinski definition) is 4. The Morgan fingerprint density at radius 3 is 2.71 bits per heavy atom. The van der Waals surface area contributed by atoms with Gasteiger partial charge in [-0.25, -0.2) is 0 Å². The summed E-state index contributed by atoms with van der Waals surface area (Å²) in [4.78, 5) is 11.3. The highest BCUT2D eigenvalue weighted by Crippen LogP contribution is 2.26. The molecule has 1 aromatic rings. The maximum atomic E-state index is 11.3. The zero-order valence-electron chi connectivity index (χ0n) is 14.7. The van der Waals surface area contributed by atoms with Gasteiger partial charge in [0.05, 0.1) is 19.8 Å². The van der Waals surface area contributed by atoms with Gasteiger partial charge in [-0.2, -0.15) is 0 Å². The van der Waals surface area contributed by atoms with Crippen LogP contribution in [0.25, 0.3) is 0 Å². The van der Waals surface area contributed by atoms with E-state index in [0.29, 0.717) is 17.7 Å². The summed E-state index contributed by atoms with van der Waals surface area (Å²) >= 11 is 0. The van der Waals surface area contributed by atoms with Crippen molar-refractivity contribution in [2.75, 3.05) is 13.7 Å². The highest BCUT2D eigenvalue weighted by Gasteiger charge is 2.25. The van der Waals surface area contributed by atoms with E-state index in [9.17, 15) is 9.90 Å². The summed E-state index contributed by atoms with van der Waals surface area (Å²) in [6.45, 7) is 12.0. The van der Waals surface area contributed by atoms with Gasteiger partial charge in [-0.15, -0.1) is 6.58 Å². The Balaban J connectivity index is 0.000000240. The SMILES string of the molecule is C=C(CC1CO1)C(=O)NC(C)C.C=CCc1ccc(O)c(OC)c1. The van der Waals surface area contributed by atoms with Crippen LogP contribution in [-0.2, 0) is 16.0 Å². The summed E-state index contributed by atoms with van der Waals surface area (Å²) in [5.41, 5.74) is 1.70. The van der Waals surface area contributed by atoms with Crippen molar-refractivity contribution in [2.24, 2.45) is 0 Å². The van der Waals surface area contributed by atoms with Crippen LogP contribution in [0.2, 0.25) is 0 Å². The third kappa shape index (κ3) is 7.33. The van der Waals surface area contributed by atoms with Gasteiger partial charge in [0, 0.05) is 18.0 Å². The summed E-state index contributed by atoms with van der Waals surface area (Å²) < 4.78 is 9.94. The second-order valence-corrected chi connectivity index (χ2v) is 5.89. The van der Waals surface area contributed by atoms with Crippen LogP contribution >= 0.6 is 0 Å². The van der Waals surface area contributed by atoms with E-state index in [4.69, 9.17) is 9.47 Å². The number of phenols is 1. The first kappa shape index (κ1) is 19.8. The summed E-state index contributed by atoms with van der Waals surface area (Å²) in [5.74, 6) is 0.625. The zero-order valence-corrected chi connectivity index (χ0v) is 14.7. The van der Waals surface area contributed by atoms with E-state index in [1.165, 1.54) is 7.11 Å². The fraction of sp³-hybridized carbons (Fsp3) is 0.421. The number of ether oxygens (including phenoxy) is 2. The number of epoxide rings is 1. The Kier molecular flexibility index (Phi) is 8.06. The third-order valence-electron chi connectivity index (χ3n) is 3.24. The molecule has 1 saturated heterocycles. The third-order valence-corrected chi connectivity index (χ3v) is 3.24. The number of carbonyl (C=O) groups excluding carboxylic acids is 1. The number of aromatic hydroxyl groups is 1. The number of rotatable bonds is 7. The molecule has 0 aromatic heterocycles. The van der Waals surface area contributed by atoms with Gasteiger partial charge in [0.15, 0.2) is 11.5 Å². The number of hydrogen-bond donors (Lipinski definition) is 2. The molecule has 1 heterocycles. The Morgan fingerprint density at radius 1 is 1.54 bits per heavy atom. The standard InChI is InChI=1S/C10H12O2.C9H15NO2/c1-3-4-8-5-6-9(11)10(7-8)12-2;1-6(2)10-9(11)7(3)4-8-5-12-8/h3,5-7,11H,1,4H2,2H3;6,8H,3-5H2,1-2H3,(H,10,11). The molecule has 0 bridgehead atoms. The van der Waals surface area contributed by atoms with Crippen molar-refractivity contribution >= 4 is 5.91 Å². The molecule has 24 heavy (non-hydrogen) atoms. The second-order valence-electron chi connectivity index (χ2n) is 5.89. The maximum absolute atomic E-state index is 11.3. The van der Waals surface area contributed by atoms with E-state index in [-0.39, 0.29) is 23.8 Å². The molecule has 132 valence electrons. The Morgan fingerprint density at radius 2 is 2.21 bits per heavy atom. The average Bonchev–Trinajstić information content (AvgIpc) is 3.33. The van der Waals surface area contributed by atoms with Crippen LogP contribution < -0.4 is 10.1 Å². The average molecular weight is 333 g/mol. The Labute approximate surface area is 144 Å². The van der Waals surface area contributed by atoms with Crippen molar-refractivity contribution in [1.29, 1.82) is 0 Å². The lowest BCUT2D eigenvalue weighted by atomic mass is 10.1. The minimum atomic E-state index is -0.0551. The molecular weight excluding hydrogens is 306 g/mol. The molecule has 1 amide bonds.